The molecule has 0 amide bonds. The van der Waals surface area contributed by atoms with Gasteiger partial charge in [-0.15, -0.1) is 0 Å². The third kappa shape index (κ3) is 32.0. The Balaban J connectivity index is -0.000000112. The van der Waals surface area contributed by atoms with E-state index in [1.54, 1.807) is 0 Å². The molecule has 2 unspecified atom stereocenters. The molecule has 7 heteroatoms. The molecule has 0 aromatic rings. The maximum Gasteiger partial charge on any atom is 0.474 e. The number of phosphoric ester groups is 1. The smallest absolute Gasteiger partial charge is 0.379 e. The molecule has 0 fully saturated rings. The Hall–Kier alpha value is 0.0300. The summed E-state index contributed by atoms with van der Waals surface area (Å²) in [5.41, 5.74) is 0. The molecule has 0 saturated heterocycles. The molecule has 2 atom stereocenters. The average molecular weight is 525 g/mol. The van der Waals surface area contributed by atoms with Crippen LogP contribution in [0.4, 0.5) is 0 Å². The van der Waals surface area contributed by atoms with E-state index in [1.807, 2.05) is 0 Å². The first-order chi connectivity index (χ1) is 12.5. The van der Waals surface area contributed by atoms with Crippen LogP contribution in [0.25, 0.3) is 0 Å². The third-order valence-electron chi connectivity index (χ3n) is 4.43. The van der Waals surface area contributed by atoms with E-state index in [4.69, 9.17) is 23.0 Å². The summed E-state index contributed by atoms with van der Waals surface area (Å²) in [4.78, 5) is 0. The van der Waals surface area contributed by atoms with Crippen molar-refractivity contribution in [1.29, 1.82) is 0 Å². The predicted octanol–water partition coefficient (Wildman–Crippen LogP) is 10.5. The van der Waals surface area contributed by atoms with E-state index < -0.39 is 7.82 Å². The highest BCUT2D eigenvalue weighted by molar-refractivity contribution is 7.48. The molecule has 0 saturated carbocycles. The van der Waals surface area contributed by atoms with Gasteiger partial charge in [0.1, 0.15) is 0 Å². The Kier molecular flexibility index (Phi) is 70.1. The summed E-state index contributed by atoms with van der Waals surface area (Å²) in [5.74, 6) is 1.14. The lowest BCUT2D eigenvalue weighted by Crippen LogP contribution is -2.14. The predicted molar refractivity (Wildman–Crippen MR) is 159 cm³/mol. The van der Waals surface area contributed by atoms with Crippen molar-refractivity contribution in [2.24, 2.45) is 11.8 Å². The topological polar surface area (TPSA) is 63.2 Å². The molecule has 0 aliphatic carbocycles. The first kappa shape index (κ1) is 59.3. The standard InChI is InChI=1S/C19H41O6P.8CH4/c1-6-10-18(8-3)16-22-12-14-24-26(20,21-5)25-15-13-23-17-19(9-4)11-7-2;;;;;;;;/h18-19H,6-17H2,1-5H3;8*1H4. The van der Waals surface area contributed by atoms with E-state index >= 15 is 0 Å². The zero-order valence-electron chi connectivity index (χ0n) is 17.5. The van der Waals surface area contributed by atoms with Crippen LogP contribution in [0.2, 0.25) is 0 Å². The van der Waals surface area contributed by atoms with Gasteiger partial charge in [-0.3, -0.25) is 13.6 Å². The normalized spacial score (nSPS) is 12.5. The second-order valence-corrected chi connectivity index (χ2v) is 8.35. The maximum atomic E-state index is 12.3. The zero-order valence-corrected chi connectivity index (χ0v) is 18.4. The number of rotatable bonds is 19. The molecule has 0 aliphatic rings. The molecular weight excluding hydrogens is 451 g/mol. The van der Waals surface area contributed by atoms with Gasteiger partial charge in [-0.25, -0.2) is 4.57 Å². The highest BCUT2D eigenvalue weighted by atomic mass is 31.2. The van der Waals surface area contributed by atoms with Gasteiger partial charge in [0, 0.05) is 20.3 Å². The fourth-order valence-corrected chi connectivity index (χ4v) is 3.57. The van der Waals surface area contributed by atoms with Gasteiger partial charge < -0.3 is 9.47 Å². The van der Waals surface area contributed by atoms with Gasteiger partial charge in [-0.05, 0) is 24.7 Å². The summed E-state index contributed by atoms with van der Waals surface area (Å²) in [6.07, 6.45) is 6.84. The third-order valence-corrected chi connectivity index (χ3v) is 5.88. The molecule has 0 spiro atoms. The van der Waals surface area contributed by atoms with Crippen LogP contribution < -0.4 is 0 Å². The average Bonchev–Trinajstić information content (AvgIpc) is 2.65. The van der Waals surface area contributed by atoms with E-state index in [2.05, 4.69) is 27.7 Å². The van der Waals surface area contributed by atoms with Gasteiger partial charge in [-0.1, -0.05) is 113 Å². The molecule has 0 heterocycles. The lowest BCUT2D eigenvalue weighted by Gasteiger charge is -2.18. The zero-order chi connectivity index (χ0) is 19.7. The molecule has 0 aromatic heterocycles. The number of hydrogen-bond donors (Lipinski definition) is 0. The number of hydrogen-bond acceptors (Lipinski definition) is 6. The minimum atomic E-state index is -3.53. The van der Waals surface area contributed by atoms with Crippen molar-refractivity contribution in [3.05, 3.63) is 0 Å². The SMILES string of the molecule is C.C.C.C.C.C.C.C.CCCC(CC)COCCOP(=O)(OC)OCCOCC(CC)CCC. The molecule has 0 N–H and O–H groups in total. The largest absolute Gasteiger partial charge is 0.474 e. The highest BCUT2D eigenvalue weighted by Gasteiger charge is 2.24. The van der Waals surface area contributed by atoms with Gasteiger partial charge in [0.15, 0.2) is 0 Å². The Morgan fingerprint density at radius 3 is 1.15 bits per heavy atom. The molecule has 0 bridgehead atoms. The fraction of sp³-hybridized carbons (Fsp3) is 1.00. The van der Waals surface area contributed by atoms with Crippen molar-refractivity contribution >= 4 is 7.82 Å². The highest BCUT2D eigenvalue weighted by Crippen LogP contribution is 2.48. The minimum absolute atomic E-state index is 0. The Labute approximate surface area is 219 Å². The van der Waals surface area contributed by atoms with Gasteiger partial charge in [-0.2, -0.15) is 0 Å². The Morgan fingerprint density at radius 1 is 0.588 bits per heavy atom. The Morgan fingerprint density at radius 2 is 0.912 bits per heavy atom. The first-order valence-corrected chi connectivity index (χ1v) is 11.6. The molecule has 0 rings (SSSR count). The van der Waals surface area contributed by atoms with Crippen LogP contribution in [0.3, 0.4) is 0 Å². The van der Waals surface area contributed by atoms with E-state index in [1.165, 1.54) is 7.11 Å². The summed E-state index contributed by atoms with van der Waals surface area (Å²) in [7, 11) is -2.20. The van der Waals surface area contributed by atoms with Crippen molar-refractivity contribution < 1.29 is 27.6 Å². The molecule has 6 nitrogen and oxygen atoms in total. The van der Waals surface area contributed by atoms with Crippen LogP contribution in [-0.2, 0) is 27.6 Å². The van der Waals surface area contributed by atoms with Crippen LogP contribution in [0, 0.1) is 11.8 Å². The minimum Gasteiger partial charge on any atom is -0.379 e. The fourth-order valence-electron chi connectivity index (χ4n) is 2.69. The van der Waals surface area contributed by atoms with Crippen LogP contribution in [-0.4, -0.2) is 46.8 Å². The van der Waals surface area contributed by atoms with Gasteiger partial charge in [0.2, 0.25) is 0 Å². The molecule has 0 aromatic carbocycles. The molecule has 222 valence electrons. The van der Waals surface area contributed by atoms with E-state index in [0.29, 0.717) is 38.3 Å². The second kappa shape index (κ2) is 40.2. The van der Waals surface area contributed by atoms with Crippen LogP contribution in [0.15, 0.2) is 0 Å². The summed E-state index contributed by atoms with van der Waals surface area (Å²) >= 11 is 0. The van der Waals surface area contributed by atoms with Crippen molar-refractivity contribution in [2.45, 2.75) is 126 Å². The second-order valence-electron chi connectivity index (χ2n) is 6.57. The molecule has 0 radical (unpaired) electrons. The van der Waals surface area contributed by atoms with Gasteiger partial charge >= 0.3 is 7.82 Å². The Bertz CT molecular complexity index is 328. The van der Waals surface area contributed by atoms with Crippen LogP contribution >= 0.6 is 7.82 Å². The monoisotopic (exact) mass is 525 g/mol. The van der Waals surface area contributed by atoms with Gasteiger partial charge in [0.05, 0.1) is 26.4 Å². The van der Waals surface area contributed by atoms with Crippen molar-refractivity contribution in [3.8, 4) is 0 Å². The lowest BCUT2D eigenvalue weighted by molar-refractivity contribution is 0.0360. The maximum absolute atomic E-state index is 12.3. The van der Waals surface area contributed by atoms with Crippen LogP contribution in [0.1, 0.15) is 126 Å². The van der Waals surface area contributed by atoms with E-state index in [0.717, 1.165) is 38.5 Å². The number of phosphoric acid groups is 1. The van der Waals surface area contributed by atoms with Crippen molar-refractivity contribution in [3.63, 3.8) is 0 Å². The lowest BCUT2D eigenvalue weighted by atomic mass is 10.0. The van der Waals surface area contributed by atoms with Crippen LogP contribution in [0.5, 0.6) is 0 Å². The number of ether oxygens (including phenoxy) is 2. The quantitative estimate of drug-likeness (QED) is 0.124. The van der Waals surface area contributed by atoms with Gasteiger partial charge in [0.25, 0.3) is 0 Å². The summed E-state index contributed by atoms with van der Waals surface area (Å²) in [5, 5.41) is 0. The van der Waals surface area contributed by atoms with Crippen molar-refractivity contribution in [1.82, 2.24) is 0 Å². The summed E-state index contributed by atoms with van der Waals surface area (Å²) < 4.78 is 39.0. The molecular formula is C27H73O6P. The summed E-state index contributed by atoms with van der Waals surface area (Å²) in [6.45, 7) is 11.2. The first-order valence-electron chi connectivity index (χ1n) is 10.1. The summed E-state index contributed by atoms with van der Waals surface area (Å²) in [6, 6.07) is 0. The van der Waals surface area contributed by atoms with Crippen molar-refractivity contribution in [2.75, 3.05) is 46.8 Å². The molecule has 0 aliphatic heterocycles. The van der Waals surface area contributed by atoms with E-state index in [-0.39, 0.29) is 72.6 Å². The molecule has 34 heavy (non-hydrogen) atoms. The van der Waals surface area contributed by atoms with E-state index in [9.17, 15) is 4.57 Å².